The van der Waals surface area contributed by atoms with Crippen LogP contribution in [0.4, 0.5) is 5.69 Å². The lowest BCUT2D eigenvalue weighted by Crippen LogP contribution is -2.37. The molecule has 2 aromatic carbocycles. The molecule has 1 fully saturated rings. The molecular weight excluding hydrogens is 396 g/mol. The Hall–Kier alpha value is -3.11. The molecule has 1 atom stereocenters. The summed E-state index contributed by atoms with van der Waals surface area (Å²) in [4.78, 5) is 32.7. The molecule has 1 aromatic heterocycles. The van der Waals surface area contributed by atoms with Crippen LogP contribution in [0.1, 0.15) is 32.2 Å². The van der Waals surface area contributed by atoms with Crippen LogP contribution in [0.25, 0.3) is 10.9 Å². The highest BCUT2D eigenvalue weighted by Crippen LogP contribution is 2.38. The number of carbonyl (C=O) groups excluding carboxylic acids is 1. The van der Waals surface area contributed by atoms with E-state index in [9.17, 15) is 9.59 Å². The molecule has 6 nitrogen and oxygen atoms in total. The van der Waals surface area contributed by atoms with Crippen molar-refractivity contribution in [2.24, 2.45) is 0 Å². The topological polar surface area (TPSA) is 79.0 Å². The van der Waals surface area contributed by atoms with Gasteiger partial charge in [0.05, 0.1) is 28.6 Å². The van der Waals surface area contributed by atoms with E-state index < -0.39 is 5.25 Å². The summed E-state index contributed by atoms with van der Waals surface area (Å²) in [6, 6.07) is 19.0. The molecular formula is C23H22N4O2S. The van der Waals surface area contributed by atoms with Crippen LogP contribution in [-0.4, -0.2) is 27.3 Å². The molecule has 0 aliphatic heterocycles. The second kappa shape index (κ2) is 8.72. The van der Waals surface area contributed by atoms with E-state index in [1.807, 2.05) is 55.5 Å². The molecule has 152 valence electrons. The molecule has 0 unspecified atom stereocenters. The largest absolute Gasteiger partial charge is 0.310 e. The van der Waals surface area contributed by atoms with Crippen molar-refractivity contribution >= 4 is 34.3 Å². The minimum absolute atomic E-state index is 0.0466. The number of rotatable bonds is 7. The second-order valence-electron chi connectivity index (χ2n) is 7.31. The molecule has 0 bridgehead atoms. The maximum absolute atomic E-state index is 13.3. The Morgan fingerprint density at radius 2 is 1.93 bits per heavy atom. The smallest absolute Gasteiger partial charge is 0.262 e. The first-order valence-electron chi connectivity index (χ1n) is 10.0. The summed E-state index contributed by atoms with van der Waals surface area (Å²) in [7, 11) is 0. The van der Waals surface area contributed by atoms with Crippen LogP contribution in [0.2, 0.25) is 0 Å². The van der Waals surface area contributed by atoms with Gasteiger partial charge in [-0.3, -0.25) is 14.2 Å². The van der Waals surface area contributed by atoms with Crippen LogP contribution in [-0.2, 0) is 4.79 Å². The van der Waals surface area contributed by atoms with Gasteiger partial charge in [-0.05, 0) is 44.0 Å². The van der Waals surface area contributed by atoms with E-state index >= 15 is 0 Å². The Morgan fingerprint density at radius 3 is 2.63 bits per heavy atom. The average molecular weight is 419 g/mol. The number of para-hydroxylation sites is 2. The number of hydrogen-bond acceptors (Lipinski definition) is 5. The van der Waals surface area contributed by atoms with Crippen LogP contribution in [0.5, 0.6) is 0 Å². The average Bonchev–Trinajstić information content (AvgIpc) is 3.60. The van der Waals surface area contributed by atoms with E-state index in [0.29, 0.717) is 22.6 Å². The van der Waals surface area contributed by atoms with Crippen molar-refractivity contribution in [3.63, 3.8) is 0 Å². The van der Waals surface area contributed by atoms with Crippen molar-refractivity contribution in [3.05, 3.63) is 65.0 Å². The molecule has 0 radical (unpaired) electrons. The van der Waals surface area contributed by atoms with Gasteiger partial charge >= 0.3 is 0 Å². The van der Waals surface area contributed by atoms with Gasteiger partial charge in [-0.25, -0.2) is 4.98 Å². The fraction of sp³-hybridized carbons (Fsp3) is 0.304. The zero-order valence-electron chi connectivity index (χ0n) is 16.7. The van der Waals surface area contributed by atoms with E-state index in [-0.39, 0.29) is 23.9 Å². The van der Waals surface area contributed by atoms with Crippen molar-refractivity contribution in [2.45, 2.75) is 42.6 Å². The van der Waals surface area contributed by atoms with Crippen LogP contribution < -0.4 is 10.5 Å². The molecule has 1 saturated carbocycles. The first-order valence-corrected chi connectivity index (χ1v) is 10.9. The van der Waals surface area contributed by atoms with E-state index in [2.05, 4.69) is 6.07 Å². The molecule has 30 heavy (non-hydrogen) atoms. The molecule has 0 saturated heterocycles. The normalized spacial score (nSPS) is 14.3. The molecule has 0 spiro atoms. The molecule has 1 aliphatic carbocycles. The molecule has 0 N–H and O–H groups in total. The maximum Gasteiger partial charge on any atom is 0.262 e. The van der Waals surface area contributed by atoms with Crippen molar-refractivity contribution in [1.29, 1.82) is 5.26 Å². The van der Waals surface area contributed by atoms with Crippen LogP contribution in [0, 0.1) is 11.3 Å². The number of nitrogens with zero attached hydrogens (tertiary/aromatic N) is 4. The Morgan fingerprint density at radius 1 is 1.23 bits per heavy atom. The highest BCUT2D eigenvalue weighted by molar-refractivity contribution is 8.00. The fourth-order valence-electron chi connectivity index (χ4n) is 3.43. The lowest BCUT2D eigenvalue weighted by molar-refractivity contribution is -0.117. The van der Waals surface area contributed by atoms with E-state index in [1.165, 1.54) is 11.8 Å². The highest BCUT2D eigenvalue weighted by Gasteiger charge is 2.31. The van der Waals surface area contributed by atoms with Crippen molar-refractivity contribution in [3.8, 4) is 6.07 Å². The molecule has 3 aromatic rings. The number of carbonyl (C=O) groups is 1. The first-order chi connectivity index (χ1) is 14.6. The van der Waals surface area contributed by atoms with Crippen LogP contribution in [0.15, 0.2) is 64.5 Å². The number of aromatic nitrogens is 2. The monoisotopic (exact) mass is 418 g/mol. The zero-order valence-corrected chi connectivity index (χ0v) is 17.5. The van der Waals surface area contributed by atoms with Crippen molar-refractivity contribution in [1.82, 2.24) is 9.55 Å². The van der Waals surface area contributed by atoms with Gasteiger partial charge in [0, 0.05) is 18.3 Å². The minimum atomic E-state index is -0.457. The van der Waals surface area contributed by atoms with Gasteiger partial charge in [0.2, 0.25) is 5.91 Å². The second-order valence-corrected chi connectivity index (χ2v) is 8.62. The van der Waals surface area contributed by atoms with Gasteiger partial charge in [-0.1, -0.05) is 42.1 Å². The third-order valence-electron chi connectivity index (χ3n) is 5.10. The Labute approximate surface area is 179 Å². The number of amides is 1. The lowest BCUT2D eigenvalue weighted by atomic mass is 10.2. The van der Waals surface area contributed by atoms with Gasteiger partial charge in [0.1, 0.15) is 0 Å². The zero-order chi connectivity index (χ0) is 21.1. The van der Waals surface area contributed by atoms with E-state index in [4.69, 9.17) is 10.2 Å². The molecule has 1 aliphatic rings. The number of fused-ring (bicyclic) bond motifs is 1. The maximum atomic E-state index is 13.3. The summed E-state index contributed by atoms with van der Waals surface area (Å²) < 4.78 is 1.75. The SMILES string of the molecule is C[C@@H](Sc1nc2ccccc2c(=O)n1C1CC1)C(=O)N(CCC#N)c1ccccc1. The van der Waals surface area contributed by atoms with Crippen molar-refractivity contribution in [2.75, 3.05) is 11.4 Å². The Balaban J connectivity index is 1.65. The third kappa shape index (κ3) is 4.10. The van der Waals surface area contributed by atoms with Crippen molar-refractivity contribution < 1.29 is 4.79 Å². The number of hydrogen-bond donors (Lipinski definition) is 0. The van der Waals surface area contributed by atoms with Gasteiger partial charge in [0.25, 0.3) is 5.56 Å². The minimum Gasteiger partial charge on any atom is -0.310 e. The fourth-order valence-corrected chi connectivity index (χ4v) is 4.47. The number of anilines is 1. The molecule has 7 heteroatoms. The van der Waals surface area contributed by atoms with Gasteiger partial charge in [-0.15, -0.1) is 0 Å². The molecule has 1 amide bonds. The third-order valence-corrected chi connectivity index (χ3v) is 6.15. The molecule has 4 rings (SSSR count). The van der Waals surface area contributed by atoms with Crippen LogP contribution >= 0.6 is 11.8 Å². The van der Waals surface area contributed by atoms with Gasteiger partial charge < -0.3 is 4.90 Å². The number of benzene rings is 2. The predicted octanol–water partition coefficient (Wildman–Crippen LogP) is 4.16. The van der Waals surface area contributed by atoms with Gasteiger partial charge in [0.15, 0.2) is 5.16 Å². The predicted molar refractivity (Wildman–Crippen MR) is 119 cm³/mol. The molecule has 1 heterocycles. The summed E-state index contributed by atoms with van der Waals surface area (Å²) in [5.74, 6) is -0.105. The van der Waals surface area contributed by atoms with Gasteiger partial charge in [-0.2, -0.15) is 5.26 Å². The number of thioether (sulfide) groups is 1. The summed E-state index contributed by atoms with van der Waals surface area (Å²) in [6.07, 6.45) is 2.15. The number of nitriles is 1. The highest BCUT2D eigenvalue weighted by atomic mass is 32.2. The Bertz CT molecular complexity index is 1170. The standard InChI is InChI=1S/C23H22N4O2S/c1-16(21(28)26(15-7-14-24)17-8-3-2-4-9-17)30-23-25-20-11-6-5-10-19(20)22(29)27(23)18-12-13-18/h2-6,8-11,16,18H,7,12-13,15H2,1H3/t16-/m1/s1. The van der Waals surface area contributed by atoms with E-state index in [1.54, 1.807) is 15.5 Å². The summed E-state index contributed by atoms with van der Waals surface area (Å²) >= 11 is 1.31. The lowest BCUT2D eigenvalue weighted by Gasteiger charge is -2.25. The van der Waals surface area contributed by atoms with E-state index in [0.717, 1.165) is 18.5 Å². The van der Waals surface area contributed by atoms with Crippen LogP contribution in [0.3, 0.4) is 0 Å². The summed E-state index contributed by atoms with van der Waals surface area (Å²) in [5.41, 5.74) is 1.36. The quantitative estimate of drug-likeness (QED) is 0.425. The first kappa shape index (κ1) is 20.2. The summed E-state index contributed by atoms with van der Waals surface area (Å²) in [6.45, 7) is 2.15. The summed E-state index contributed by atoms with van der Waals surface area (Å²) in [5, 5.41) is 9.74. The Kier molecular flexibility index (Phi) is 5.86.